The van der Waals surface area contributed by atoms with Crippen molar-refractivity contribution in [3.8, 4) is 0 Å². The molecule has 4 aliphatic rings. The molecule has 0 saturated heterocycles. The molecule has 0 spiro atoms. The van der Waals surface area contributed by atoms with Crippen LogP contribution in [0.15, 0.2) is 23.5 Å². The first-order chi connectivity index (χ1) is 13.9. The average molecular weight is 413 g/mol. The van der Waals surface area contributed by atoms with Crippen LogP contribution in [0.25, 0.3) is 0 Å². The molecule has 4 heteroatoms. The average Bonchev–Trinajstić information content (AvgIpc) is 2.99. The fraction of sp³-hybridized carbons (Fsp3) is 0.731. The molecular formula is C26H36O4. The number of ether oxygens (including phenoxy) is 1. The molecule has 4 rings (SSSR count). The summed E-state index contributed by atoms with van der Waals surface area (Å²) in [5.41, 5.74) is 0.174. The van der Waals surface area contributed by atoms with Crippen molar-refractivity contribution in [1.29, 1.82) is 0 Å². The second-order valence-corrected chi connectivity index (χ2v) is 11.6. The molecule has 0 aromatic heterocycles. The summed E-state index contributed by atoms with van der Waals surface area (Å²) in [6, 6.07) is 0. The maximum absolute atomic E-state index is 12.7. The number of allylic oxidation sites excluding steroid dienone is 3. The second-order valence-electron chi connectivity index (χ2n) is 11.6. The molecule has 30 heavy (non-hydrogen) atoms. The van der Waals surface area contributed by atoms with E-state index in [1.54, 1.807) is 19.1 Å². The topological polar surface area (TPSA) is 60.4 Å². The Bertz CT molecular complexity index is 857. The molecule has 0 aromatic rings. The van der Waals surface area contributed by atoms with Crippen molar-refractivity contribution in [2.75, 3.05) is 0 Å². The van der Waals surface area contributed by atoms with Gasteiger partial charge < -0.3 is 4.74 Å². The van der Waals surface area contributed by atoms with Gasteiger partial charge in [0.05, 0.1) is 10.8 Å². The van der Waals surface area contributed by atoms with E-state index in [1.165, 1.54) is 0 Å². The zero-order chi connectivity index (χ0) is 22.1. The molecule has 0 bridgehead atoms. The lowest BCUT2D eigenvalue weighted by molar-refractivity contribution is -0.152. The third-order valence-electron chi connectivity index (χ3n) is 9.00. The van der Waals surface area contributed by atoms with Crippen molar-refractivity contribution in [2.45, 2.75) is 80.1 Å². The van der Waals surface area contributed by atoms with Crippen LogP contribution in [0.5, 0.6) is 0 Å². The molecule has 0 amide bonds. The highest BCUT2D eigenvalue weighted by molar-refractivity contribution is 6.02. The predicted octanol–water partition coefficient (Wildman–Crippen LogP) is 5.42. The van der Waals surface area contributed by atoms with E-state index in [9.17, 15) is 14.4 Å². The van der Waals surface area contributed by atoms with E-state index in [0.29, 0.717) is 29.3 Å². The van der Waals surface area contributed by atoms with Crippen molar-refractivity contribution in [2.24, 2.45) is 39.9 Å². The van der Waals surface area contributed by atoms with Crippen LogP contribution >= 0.6 is 0 Å². The quantitative estimate of drug-likeness (QED) is 0.569. The zero-order valence-electron chi connectivity index (χ0n) is 19.3. The molecule has 0 aromatic carbocycles. The SMILES string of the molecule is CC(=O)[C@H]1CC[C@H]2[C@@H]3CCC4=CC(=O)C=C(OC(=O)C(C)(C)C)[C@]4(C)[C@H]3CC[C@]12C. The number of carbonyl (C=O) groups excluding carboxylic acids is 3. The minimum atomic E-state index is -0.624. The third kappa shape index (κ3) is 3.05. The molecule has 6 atom stereocenters. The van der Waals surface area contributed by atoms with Gasteiger partial charge in [-0.3, -0.25) is 14.4 Å². The Kier molecular flexibility index (Phi) is 4.95. The molecule has 3 fully saturated rings. The summed E-state index contributed by atoms with van der Waals surface area (Å²) in [6.07, 6.45) is 9.40. The molecule has 0 unspecified atom stereocenters. The summed E-state index contributed by atoms with van der Waals surface area (Å²) >= 11 is 0. The second kappa shape index (κ2) is 6.90. The van der Waals surface area contributed by atoms with Crippen LogP contribution in [0.2, 0.25) is 0 Å². The largest absolute Gasteiger partial charge is 0.430 e. The van der Waals surface area contributed by atoms with Crippen molar-refractivity contribution in [1.82, 2.24) is 0 Å². The maximum atomic E-state index is 12.7. The third-order valence-corrected chi connectivity index (χ3v) is 9.00. The van der Waals surface area contributed by atoms with Gasteiger partial charge in [-0.2, -0.15) is 0 Å². The molecule has 0 heterocycles. The van der Waals surface area contributed by atoms with Gasteiger partial charge in [-0.1, -0.05) is 12.5 Å². The highest BCUT2D eigenvalue weighted by Gasteiger charge is 2.61. The number of esters is 1. The summed E-state index contributed by atoms with van der Waals surface area (Å²) in [5, 5.41) is 0. The Labute approximate surface area is 180 Å². The summed E-state index contributed by atoms with van der Waals surface area (Å²) in [4.78, 5) is 37.5. The first-order valence-corrected chi connectivity index (χ1v) is 11.6. The molecule has 0 radical (unpaired) electrons. The lowest BCUT2D eigenvalue weighted by Gasteiger charge is -2.57. The van der Waals surface area contributed by atoms with Gasteiger partial charge >= 0.3 is 5.97 Å². The van der Waals surface area contributed by atoms with Crippen molar-refractivity contribution < 1.29 is 19.1 Å². The Balaban J connectivity index is 1.70. The van der Waals surface area contributed by atoms with Gasteiger partial charge in [0.2, 0.25) is 0 Å². The lowest BCUT2D eigenvalue weighted by atomic mass is 9.47. The van der Waals surface area contributed by atoms with E-state index in [2.05, 4.69) is 13.8 Å². The highest BCUT2D eigenvalue weighted by Crippen LogP contribution is 2.67. The van der Waals surface area contributed by atoms with Gasteiger partial charge in [-0.05, 0) is 102 Å². The Morgan fingerprint density at radius 1 is 1.03 bits per heavy atom. The highest BCUT2D eigenvalue weighted by atomic mass is 16.5. The number of carbonyl (C=O) groups is 3. The monoisotopic (exact) mass is 412 g/mol. The van der Waals surface area contributed by atoms with Crippen LogP contribution in [0.3, 0.4) is 0 Å². The maximum Gasteiger partial charge on any atom is 0.316 e. The zero-order valence-corrected chi connectivity index (χ0v) is 19.3. The fourth-order valence-corrected chi connectivity index (χ4v) is 7.34. The lowest BCUT2D eigenvalue weighted by Crippen LogP contribution is -2.52. The molecule has 0 aliphatic heterocycles. The Morgan fingerprint density at radius 3 is 2.37 bits per heavy atom. The molecule has 3 saturated carbocycles. The number of ketones is 2. The van der Waals surface area contributed by atoms with Gasteiger partial charge in [0.15, 0.2) is 5.78 Å². The number of hydrogen-bond donors (Lipinski definition) is 0. The predicted molar refractivity (Wildman–Crippen MR) is 115 cm³/mol. The van der Waals surface area contributed by atoms with Crippen LogP contribution in [-0.2, 0) is 19.1 Å². The van der Waals surface area contributed by atoms with E-state index >= 15 is 0 Å². The first-order valence-electron chi connectivity index (χ1n) is 11.6. The molecule has 4 aliphatic carbocycles. The summed E-state index contributed by atoms with van der Waals surface area (Å²) in [6.45, 7) is 11.8. The van der Waals surface area contributed by atoms with Gasteiger partial charge in [0, 0.05) is 12.0 Å². The number of Topliss-reactive ketones (excluding diaryl/α,β-unsaturated/α-hetero) is 1. The van der Waals surface area contributed by atoms with E-state index in [-0.39, 0.29) is 23.1 Å². The minimum Gasteiger partial charge on any atom is -0.430 e. The number of rotatable bonds is 2. The van der Waals surface area contributed by atoms with Crippen LogP contribution in [-0.4, -0.2) is 17.5 Å². The van der Waals surface area contributed by atoms with Crippen LogP contribution < -0.4 is 0 Å². The van der Waals surface area contributed by atoms with E-state index < -0.39 is 10.8 Å². The number of hydrogen-bond acceptors (Lipinski definition) is 4. The molecule has 164 valence electrons. The van der Waals surface area contributed by atoms with E-state index in [1.807, 2.05) is 20.8 Å². The smallest absolute Gasteiger partial charge is 0.316 e. The van der Waals surface area contributed by atoms with Crippen LogP contribution in [0, 0.1) is 39.9 Å². The number of fused-ring (bicyclic) bond motifs is 5. The summed E-state index contributed by atoms with van der Waals surface area (Å²) < 4.78 is 5.95. The minimum absolute atomic E-state index is 0.0733. The van der Waals surface area contributed by atoms with Gasteiger partial charge in [-0.25, -0.2) is 0 Å². The Morgan fingerprint density at radius 2 is 1.73 bits per heavy atom. The summed E-state index contributed by atoms with van der Waals surface area (Å²) in [5.74, 6) is 2.07. The van der Waals surface area contributed by atoms with Gasteiger partial charge in [-0.15, -0.1) is 0 Å². The van der Waals surface area contributed by atoms with Crippen LogP contribution in [0.1, 0.15) is 80.1 Å². The molecule has 0 N–H and O–H groups in total. The van der Waals surface area contributed by atoms with E-state index in [4.69, 9.17) is 4.74 Å². The standard InChI is InChI=1S/C26H36O4/c1-15(27)19-9-10-20-18-8-7-16-13-17(28)14-22(30-23(29)24(2,3)4)26(16,6)21(18)11-12-25(19,20)5/h13-14,18-21H,7-12H2,1-6H3/t18-,19+,20-,21-,25+,26-/m0/s1. The molecule has 4 nitrogen and oxygen atoms in total. The van der Waals surface area contributed by atoms with Gasteiger partial charge in [0.1, 0.15) is 11.5 Å². The normalized spacial score (nSPS) is 40.5. The molecular weight excluding hydrogens is 376 g/mol. The Hall–Kier alpha value is -1.71. The van der Waals surface area contributed by atoms with Crippen LogP contribution in [0.4, 0.5) is 0 Å². The fourth-order valence-electron chi connectivity index (χ4n) is 7.34. The first kappa shape index (κ1) is 21.5. The van der Waals surface area contributed by atoms with Gasteiger partial charge in [0.25, 0.3) is 0 Å². The van der Waals surface area contributed by atoms with Crippen molar-refractivity contribution >= 4 is 17.5 Å². The summed E-state index contributed by atoms with van der Waals surface area (Å²) in [7, 11) is 0. The van der Waals surface area contributed by atoms with Crippen molar-refractivity contribution in [3.05, 3.63) is 23.5 Å². The van der Waals surface area contributed by atoms with E-state index in [0.717, 1.165) is 44.1 Å². The van der Waals surface area contributed by atoms with Crippen molar-refractivity contribution in [3.63, 3.8) is 0 Å².